The van der Waals surface area contributed by atoms with Gasteiger partial charge in [-0.1, -0.05) is 17.3 Å². The molecular weight excluding hydrogens is 259 g/mol. The van der Waals surface area contributed by atoms with Gasteiger partial charge >= 0.3 is 0 Å². The Morgan fingerprint density at radius 3 is 3.00 bits per heavy atom. The first-order valence-corrected chi connectivity index (χ1v) is 6.71. The van der Waals surface area contributed by atoms with Gasteiger partial charge in [0.05, 0.1) is 11.8 Å². The maximum Gasteiger partial charge on any atom is 0.133 e. The van der Waals surface area contributed by atoms with Crippen LogP contribution in [0.2, 0.25) is 0 Å². The topological polar surface area (TPSA) is 49.5 Å². The number of hydrogen-bond donors (Lipinski definition) is 1. The highest BCUT2D eigenvalue weighted by atomic mass is 19.1. The molecule has 106 valence electrons. The predicted molar refractivity (Wildman–Crippen MR) is 71.4 cm³/mol. The van der Waals surface area contributed by atoms with Crippen LogP contribution in [-0.2, 0) is 6.54 Å². The minimum atomic E-state index is -0.392. The second kappa shape index (κ2) is 5.34. The van der Waals surface area contributed by atoms with E-state index >= 15 is 0 Å². The zero-order chi connectivity index (χ0) is 14.1. The summed E-state index contributed by atoms with van der Waals surface area (Å²) in [4.78, 5) is 2.11. The zero-order valence-electron chi connectivity index (χ0n) is 11.3. The van der Waals surface area contributed by atoms with E-state index in [2.05, 4.69) is 10.1 Å². The lowest BCUT2D eigenvalue weighted by Gasteiger charge is -2.23. The van der Waals surface area contributed by atoms with Crippen LogP contribution in [0.25, 0.3) is 0 Å². The molecule has 1 N–H and O–H groups in total. The Morgan fingerprint density at radius 1 is 1.45 bits per heavy atom. The summed E-state index contributed by atoms with van der Waals surface area (Å²) in [6, 6.07) is 8.45. The molecule has 2 atom stereocenters. The van der Waals surface area contributed by atoms with Crippen molar-refractivity contribution in [2.24, 2.45) is 0 Å². The van der Waals surface area contributed by atoms with Crippen LogP contribution in [0.15, 0.2) is 34.9 Å². The molecule has 0 unspecified atom stereocenters. The first-order chi connectivity index (χ1) is 9.61. The highest BCUT2D eigenvalue weighted by Crippen LogP contribution is 2.33. The summed E-state index contributed by atoms with van der Waals surface area (Å²) in [6.45, 7) is 3.00. The number of aryl methyl sites for hydroxylation is 1. The van der Waals surface area contributed by atoms with Crippen LogP contribution in [0.3, 0.4) is 0 Å². The summed E-state index contributed by atoms with van der Waals surface area (Å²) in [5, 5.41) is 13.9. The van der Waals surface area contributed by atoms with Crippen molar-refractivity contribution in [1.82, 2.24) is 10.1 Å². The molecule has 1 aliphatic heterocycles. The van der Waals surface area contributed by atoms with E-state index in [-0.39, 0.29) is 11.9 Å². The van der Waals surface area contributed by atoms with Gasteiger partial charge in [-0.3, -0.25) is 4.90 Å². The van der Waals surface area contributed by atoms with Gasteiger partial charge in [0.15, 0.2) is 0 Å². The number of β-amino-alcohol motifs (C(OH)–C–C–N with tert-alkyl or cyclic N) is 1. The summed E-state index contributed by atoms with van der Waals surface area (Å²) < 4.78 is 18.4. The van der Waals surface area contributed by atoms with Crippen LogP contribution in [0.4, 0.5) is 4.39 Å². The van der Waals surface area contributed by atoms with Crippen LogP contribution in [-0.4, -0.2) is 27.8 Å². The first-order valence-electron chi connectivity index (χ1n) is 6.71. The number of hydrogen-bond acceptors (Lipinski definition) is 4. The van der Waals surface area contributed by atoms with Gasteiger partial charge in [-0.25, -0.2) is 4.39 Å². The van der Waals surface area contributed by atoms with E-state index in [1.807, 2.05) is 19.1 Å². The van der Waals surface area contributed by atoms with Crippen LogP contribution >= 0.6 is 0 Å². The molecule has 1 aromatic heterocycles. The first kappa shape index (κ1) is 13.3. The molecule has 2 aromatic rings. The summed E-state index contributed by atoms with van der Waals surface area (Å²) in [5.41, 5.74) is 1.72. The average Bonchev–Trinajstić information content (AvgIpc) is 2.96. The van der Waals surface area contributed by atoms with Gasteiger partial charge < -0.3 is 9.63 Å². The SMILES string of the molecule is Cc1cc(CN2C[C@H](O)C[C@H]2c2cccc(F)c2)no1. The number of benzene rings is 1. The lowest BCUT2D eigenvalue weighted by Crippen LogP contribution is -2.24. The fourth-order valence-electron chi connectivity index (χ4n) is 2.82. The molecule has 3 rings (SSSR count). The molecule has 0 radical (unpaired) electrons. The highest BCUT2D eigenvalue weighted by Gasteiger charge is 2.32. The molecule has 1 saturated heterocycles. The van der Waals surface area contributed by atoms with Gasteiger partial charge in [0, 0.05) is 25.2 Å². The van der Waals surface area contributed by atoms with E-state index in [4.69, 9.17) is 4.52 Å². The monoisotopic (exact) mass is 276 g/mol. The Balaban J connectivity index is 1.81. The number of aliphatic hydroxyl groups excluding tert-OH is 1. The molecule has 20 heavy (non-hydrogen) atoms. The molecule has 1 fully saturated rings. The smallest absolute Gasteiger partial charge is 0.133 e. The molecular formula is C15H17FN2O2. The molecule has 0 saturated carbocycles. The standard InChI is InChI=1S/C15H17FN2O2/c1-10-5-13(17-20-10)8-18-9-14(19)7-15(18)11-3-2-4-12(16)6-11/h2-6,14-15,19H,7-9H2,1H3/t14-,15+/m1/s1. The number of nitrogens with zero attached hydrogens (tertiary/aromatic N) is 2. The Hall–Kier alpha value is -1.72. The number of halogens is 1. The Kier molecular flexibility index (Phi) is 3.54. The van der Waals surface area contributed by atoms with Gasteiger partial charge in [0.25, 0.3) is 0 Å². The fourth-order valence-corrected chi connectivity index (χ4v) is 2.82. The van der Waals surface area contributed by atoms with Crippen molar-refractivity contribution < 1.29 is 14.0 Å². The minimum absolute atomic E-state index is 0.0118. The third-order valence-corrected chi connectivity index (χ3v) is 3.66. The molecule has 4 nitrogen and oxygen atoms in total. The van der Waals surface area contributed by atoms with Crippen molar-refractivity contribution in [2.45, 2.75) is 32.0 Å². The number of aliphatic hydroxyl groups is 1. The Morgan fingerprint density at radius 2 is 2.30 bits per heavy atom. The molecule has 5 heteroatoms. The summed E-state index contributed by atoms with van der Waals surface area (Å²) >= 11 is 0. The van der Waals surface area contributed by atoms with E-state index in [0.717, 1.165) is 17.0 Å². The Bertz CT molecular complexity index is 599. The maximum atomic E-state index is 13.4. The van der Waals surface area contributed by atoms with Crippen molar-refractivity contribution >= 4 is 0 Å². The van der Waals surface area contributed by atoms with Crippen molar-refractivity contribution in [2.75, 3.05) is 6.54 Å². The second-order valence-corrected chi connectivity index (χ2v) is 5.32. The number of aromatic nitrogens is 1. The number of likely N-dealkylation sites (tertiary alicyclic amines) is 1. The lowest BCUT2D eigenvalue weighted by molar-refractivity contribution is 0.171. The quantitative estimate of drug-likeness (QED) is 0.935. The molecule has 0 bridgehead atoms. The van der Waals surface area contributed by atoms with Gasteiger partial charge in [-0.2, -0.15) is 0 Å². The lowest BCUT2D eigenvalue weighted by atomic mass is 10.0. The molecule has 0 aliphatic carbocycles. The van der Waals surface area contributed by atoms with Gasteiger partial charge in [-0.05, 0) is 31.0 Å². The van der Waals surface area contributed by atoms with Crippen LogP contribution < -0.4 is 0 Å². The van der Waals surface area contributed by atoms with E-state index in [9.17, 15) is 9.50 Å². The van der Waals surface area contributed by atoms with E-state index in [1.165, 1.54) is 12.1 Å². The van der Waals surface area contributed by atoms with E-state index in [0.29, 0.717) is 19.5 Å². The van der Waals surface area contributed by atoms with Gasteiger partial charge in [0.2, 0.25) is 0 Å². The summed E-state index contributed by atoms with van der Waals surface area (Å²) in [7, 11) is 0. The van der Waals surface area contributed by atoms with Crippen LogP contribution in [0.5, 0.6) is 0 Å². The molecule has 1 aliphatic rings. The van der Waals surface area contributed by atoms with E-state index in [1.54, 1.807) is 6.07 Å². The fraction of sp³-hybridized carbons (Fsp3) is 0.400. The average molecular weight is 276 g/mol. The number of rotatable bonds is 3. The third-order valence-electron chi connectivity index (χ3n) is 3.66. The normalized spacial score (nSPS) is 23.4. The van der Waals surface area contributed by atoms with Crippen molar-refractivity contribution in [3.63, 3.8) is 0 Å². The predicted octanol–water partition coefficient (Wildman–Crippen LogP) is 2.43. The van der Waals surface area contributed by atoms with Crippen molar-refractivity contribution in [3.8, 4) is 0 Å². The van der Waals surface area contributed by atoms with E-state index < -0.39 is 6.10 Å². The molecule has 1 aromatic carbocycles. The van der Waals surface area contributed by atoms with Crippen molar-refractivity contribution in [3.05, 3.63) is 53.2 Å². The van der Waals surface area contributed by atoms with Crippen LogP contribution in [0.1, 0.15) is 29.5 Å². The summed E-state index contributed by atoms with van der Waals surface area (Å²) in [6.07, 6.45) is 0.219. The largest absolute Gasteiger partial charge is 0.392 e. The zero-order valence-corrected chi connectivity index (χ0v) is 11.3. The van der Waals surface area contributed by atoms with Gasteiger partial charge in [-0.15, -0.1) is 0 Å². The van der Waals surface area contributed by atoms with Crippen LogP contribution in [0, 0.1) is 12.7 Å². The van der Waals surface area contributed by atoms with Gasteiger partial charge in [0.1, 0.15) is 11.6 Å². The van der Waals surface area contributed by atoms with Crippen molar-refractivity contribution in [1.29, 1.82) is 0 Å². The summed E-state index contributed by atoms with van der Waals surface area (Å²) in [5.74, 6) is 0.517. The molecule has 0 amide bonds. The Labute approximate surface area is 116 Å². The second-order valence-electron chi connectivity index (χ2n) is 5.32. The molecule has 2 heterocycles. The highest BCUT2D eigenvalue weighted by molar-refractivity contribution is 5.22. The minimum Gasteiger partial charge on any atom is -0.392 e. The molecule has 0 spiro atoms. The third kappa shape index (κ3) is 2.73. The maximum absolute atomic E-state index is 13.4.